The summed E-state index contributed by atoms with van der Waals surface area (Å²) in [6.07, 6.45) is 0. The summed E-state index contributed by atoms with van der Waals surface area (Å²) in [4.78, 5) is 4.15. The van der Waals surface area contributed by atoms with Crippen LogP contribution in [0.5, 0.6) is 0 Å². The van der Waals surface area contributed by atoms with Crippen LogP contribution in [0, 0.1) is 0 Å². The predicted molar refractivity (Wildman–Crippen MR) is 205 cm³/mol. The third-order valence-corrected chi connectivity index (χ3v) is 14.5. The molecule has 0 spiro atoms. The monoisotopic (exact) mass is 776 g/mol. The molecule has 8 nitrogen and oxygen atoms in total. The summed E-state index contributed by atoms with van der Waals surface area (Å²) in [5.74, 6) is 1.36. The Kier molecular flexibility index (Phi) is 28.5. The molecule has 0 aliphatic rings. The molecular weight excluding hydrogens is 727 g/mol. The Morgan fingerprint density at radius 1 is 0.652 bits per heavy atom. The van der Waals surface area contributed by atoms with Gasteiger partial charge in [0.2, 0.25) is 0 Å². The van der Waals surface area contributed by atoms with E-state index < -0.39 is 17.6 Å². The first-order valence-corrected chi connectivity index (χ1v) is 20.6. The normalized spacial score (nSPS) is 10.8. The van der Waals surface area contributed by atoms with E-state index in [9.17, 15) is 0 Å². The number of benzene rings is 2. The molecule has 2 rings (SSSR count). The van der Waals surface area contributed by atoms with Crippen molar-refractivity contribution in [1.29, 1.82) is 0 Å². The SMILES string of the molecule is CCN(CC)C(=S)SCc1ccc([Si](OC)(OC)OC)cc1.CCN(CC)C(=S)[S-].CO[Si](OC)(OC)c1ccc(CCl)cc1.[Na+]. The van der Waals surface area contributed by atoms with E-state index in [0.29, 0.717) is 10.2 Å². The molecule has 0 aliphatic carbocycles. The van der Waals surface area contributed by atoms with Gasteiger partial charge < -0.3 is 61.2 Å². The Bertz CT molecular complexity index is 1080. The van der Waals surface area contributed by atoms with Gasteiger partial charge in [-0.25, -0.2) is 0 Å². The van der Waals surface area contributed by atoms with Crippen LogP contribution >= 0.6 is 47.8 Å². The van der Waals surface area contributed by atoms with E-state index in [0.717, 1.165) is 52.2 Å². The van der Waals surface area contributed by atoms with Crippen molar-refractivity contribution in [3.63, 3.8) is 0 Å². The molecule has 0 fully saturated rings. The fourth-order valence-electron chi connectivity index (χ4n) is 4.01. The van der Waals surface area contributed by atoms with Gasteiger partial charge in [0.1, 0.15) is 4.32 Å². The number of hydrogen-bond acceptors (Lipinski definition) is 10. The summed E-state index contributed by atoms with van der Waals surface area (Å²) in [5, 5.41) is 1.89. The van der Waals surface area contributed by atoms with Gasteiger partial charge in [-0.2, -0.15) is 0 Å². The predicted octanol–water partition coefficient (Wildman–Crippen LogP) is 2.31. The fourth-order valence-corrected chi connectivity index (χ4v) is 9.63. The number of rotatable bonds is 15. The average Bonchev–Trinajstić information content (AvgIpc) is 3.08. The fraction of sp³-hybridized carbons (Fsp3) is 0.533. The molecule has 2 aromatic carbocycles. The van der Waals surface area contributed by atoms with Crippen molar-refractivity contribution >= 4 is 97.1 Å². The van der Waals surface area contributed by atoms with Crippen molar-refractivity contribution in [2.24, 2.45) is 0 Å². The molecule has 0 atom stereocenters. The van der Waals surface area contributed by atoms with Crippen molar-refractivity contribution in [2.75, 3.05) is 68.8 Å². The van der Waals surface area contributed by atoms with Crippen LogP contribution in [0.1, 0.15) is 38.8 Å². The van der Waals surface area contributed by atoms with Gasteiger partial charge in [-0.3, -0.25) is 0 Å². The molecule has 0 saturated carbocycles. The maximum Gasteiger partial charge on any atom is 1.00 e. The third kappa shape index (κ3) is 15.4. The summed E-state index contributed by atoms with van der Waals surface area (Å²) >= 11 is 22.4. The minimum atomic E-state index is -2.73. The maximum atomic E-state index is 5.71. The van der Waals surface area contributed by atoms with Gasteiger partial charge in [0.05, 0.1) is 0 Å². The molecule has 0 aliphatic heterocycles. The van der Waals surface area contributed by atoms with Gasteiger partial charge in [0, 0.05) is 90.8 Å². The van der Waals surface area contributed by atoms with Crippen LogP contribution < -0.4 is 39.9 Å². The third-order valence-electron chi connectivity index (χ3n) is 6.79. The summed E-state index contributed by atoms with van der Waals surface area (Å²) in [6.45, 7) is 12.1. The summed E-state index contributed by atoms with van der Waals surface area (Å²) in [7, 11) is 4.22. The molecule has 0 aromatic heterocycles. The number of hydrogen-bond donors (Lipinski definition) is 0. The Labute approximate surface area is 327 Å². The van der Waals surface area contributed by atoms with Crippen molar-refractivity contribution in [2.45, 2.75) is 39.3 Å². The van der Waals surface area contributed by atoms with E-state index in [4.69, 9.17) is 75.2 Å². The Morgan fingerprint density at radius 2 is 0.978 bits per heavy atom. The molecule has 256 valence electrons. The zero-order chi connectivity index (χ0) is 34.5. The molecule has 0 heterocycles. The van der Waals surface area contributed by atoms with Crippen LogP contribution in [0.3, 0.4) is 0 Å². The molecular formula is C30H50ClN2NaO6S4Si2. The van der Waals surface area contributed by atoms with E-state index >= 15 is 0 Å². The molecule has 0 N–H and O–H groups in total. The Morgan fingerprint density at radius 3 is 1.22 bits per heavy atom. The van der Waals surface area contributed by atoms with E-state index in [1.807, 2.05) is 55.1 Å². The average molecular weight is 778 g/mol. The molecule has 46 heavy (non-hydrogen) atoms. The van der Waals surface area contributed by atoms with Crippen molar-refractivity contribution < 1.29 is 56.1 Å². The van der Waals surface area contributed by atoms with Gasteiger partial charge in [0.15, 0.2) is 0 Å². The Hall–Kier alpha value is 0.274. The number of halogens is 1. The van der Waals surface area contributed by atoms with Gasteiger partial charge in [-0.1, -0.05) is 76.8 Å². The van der Waals surface area contributed by atoms with E-state index in [2.05, 4.69) is 30.9 Å². The summed E-state index contributed by atoms with van der Waals surface area (Å²) < 4.78 is 34.0. The molecule has 0 radical (unpaired) electrons. The van der Waals surface area contributed by atoms with Crippen LogP contribution in [0.15, 0.2) is 48.5 Å². The first-order chi connectivity index (χ1) is 21.5. The number of thiocarbonyl (C=S) groups is 2. The van der Waals surface area contributed by atoms with E-state index in [1.54, 1.807) is 54.4 Å². The molecule has 2 aromatic rings. The smallest absolute Gasteiger partial charge is 0.411 e. The second-order valence-electron chi connectivity index (χ2n) is 9.03. The van der Waals surface area contributed by atoms with E-state index in [-0.39, 0.29) is 29.6 Å². The minimum Gasteiger partial charge on any atom is -0.411 e. The van der Waals surface area contributed by atoms with Gasteiger partial charge >= 0.3 is 47.2 Å². The van der Waals surface area contributed by atoms with Crippen molar-refractivity contribution in [1.82, 2.24) is 9.80 Å². The topological polar surface area (TPSA) is 61.9 Å². The molecule has 0 amide bonds. The van der Waals surface area contributed by atoms with Gasteiger partial charge in [-0.05, 0) is 38.8 Å². The molecule has 0 saturated heterocycles. The first kappa shape index (κ1) is 48.4. The number of alkyl halides is 1. The second-order valence-corrected chi connectivity index (χ2v) is 17.8. The first-order valence-electron chi connectivity index (χ1n) is 14.4. The zero-order valence-electron chi connectivity index (χ0n) is 29.2. The standard InChI is InChI=1S/C15H25NO3S2Si.C10H15ClO3Si.C5H11NS2.Na/c1-6-16(7-2)15(20)21-12-13-8-10-14(11-9-13)22(17-3,18-4)19-5;1-12-15(13-2,14-3)10-6-4-9(8-11)5-7-10;1-3-6(4-2)5(7)8;/h8-11H,6-7,12H2,1-5H3;4-7H,8H2,1-3H3;3-4H2,1-2H3,(H,7,8);/q;;;+1/p-1. The molecule has 0 bridgehead atoms. The van der Waals surface area contributed by atoms with Crippen LogP contribution in [-0.4, -0.2) is 105 Å². The maximum absolute atomic E-state index is 5.71. The zero-order valence-corrected chi connectivity index (χ0v) is 37.2. The van der Waals surface area contributed by atoms with Crippen molar-refractivity contribution in [3.8, 4) is 0 Å². The Balaban J connectivity index is 0. The second kappa shape index (κ2) is 27.1. The van der Waals surface area contributed by atoms with Crippen molar-refractivity contribution in [3.05, 3.63) is 59.7 Å². The van der Waals surface area contributed by atoms with Crippen LogP contribution in [0.4, 0.5) is 0 Å². The molecule has 16 heteroatoms. The van der Waals surface area contributed by atoms with Gasteiger partial charge in [-0.15, -0.1) is 11.6 Å². The quantitative estimate of drug-likeness (QED) is 0.116. The number of nitrogens with zero attached hydrogens (tertiary/aromatic N) is 2. The van der Waals surface area contributed by atoms with Crippen LogP contribution in [0.2, 0.25) is 0 Å². The summed E-state index contributed by atoms with van der Waals surface area (Å²) in [6, 6.07) is 15.9. The molecule has 0 unspecified atom stereocenters. The summed E-state index contributed by atoms with van der Waals surface area (Å²) in [5.41, 5.74) is 2.28. The van der Waals surface area contributed by atoms with E-state index in [1.165, 1.54) is 5.56 Å². The largest absolute Gasteiger partial charge is 1.00 e. The van der Waals surface area contributed by atoms with Gasteiger partial charge in [0.25, 0.3) is 0 Å². The van der Waals surface area contributed by atoms with Crippen LogP contribution in [-0.2, 0) is 50.8 Å². The number of thioether (sulfide) groups is 1. The van der Waals surface area contributed by atoms with Crippen LogP contribution in [0.25, 0.3) is 0 Å². The minimum absolute atomic E-state index is 0.